The molecule has 0 saturated carbocycles. The lowest BCUT2D eigenvalue weighted by atomic mass is 9.82. The number of benzene rings is 7. The van der Waals surface area contributed by atoms with E-state index in [0.29, 0.717) is 17.8 Å². The number of anilines is 6. The van der Waals surface area contributed by atoms with Crippen LogP contribution in [0.2, 0.25) is 0 Å². The van der Waals surface area contributed by atoms with E-state index in [1.807, 2.05) is 0 Å². The van der Waals surface area contributed by atoms with Crippen LogP contribution in [-0.4, -0.2) is 0 Å². The number of rotatable bonds is 13. The molecule has 2 nitrogen and oxygen atoms in total. The van der Waals surface area contributed by atoms with Crippen molar-refractivity contribution < 1.29 is 0 Å². The van der Waals surface area contributed by atoms with Gasteiger partial charge in [0.2, 0.25) is 0 Å². The van der Waals surface area contributed by atoms with Gasteiger partial charge in [-0.05, 0) is 161 Å². The lowest BCUT2D eigenvalue weighted by Crippen LogP contribution is -2.12. The van der Waals surface area contributed by atoms with Gasteiger partial charge < -0.3 is 9.80 Å². The minimum atomic E-state index is 0.506. The van der Waals surface area contributed by atoms with Crippen LogP contribution in [0.1, 0.15) is 96.9 Å². The highest BCUT2D eigenvalue weighted by Crippen LogP contribution is 2.37. The second-order valence-corrected chi connectivity index (χ2v) is 16.7. The van der Waals surface area contributed by atoms with Crippen LogP contribution in [0.25, 0.3) is 0 Å². The Bertz CT molecular complexity index is 2140. The average molecular weight is 777 g/mol. The predicted molar refractivity (Wildman–Crippen MR) is 257 cm³/mol. The van der Waals surface area contributed by atoms with Crippen molar-refractivity contribution >= 4 is 34.1 Å². The van der Waals surface area contributed by atoms with E-state index in [9.17, 15) is 0 Å². The van der Waals surface area contributed by atoms with E-state index in [4.69, 9.17) is 0 Å². The van der Waals surface area contributed by atoms with Crippen LogP contribution in [0.5, 0.6) is 0 Å². The van der Waals surface area contributed by atoms with Gasteiger partial charge in [-0.3, -0.25) is 0 Å². The Labute approximate surface area is 356 Å². The van der Waals surface area contributed by atoms with Crippen LogP contribution in [-0.2, 0) is 6.42 Å². The summed E-state index contributed by atoms with van der Waals surface area (Å²) in [5, 5.41) is 0. The van der Waals surface area contributed by atoms with Crippen LogP contribution in [0.15, 0.2) is 170 Å². The molecule has 7 aromatic carbocycles. The van der Waals surface area contributed by atoms with Crippen molar-refractivity contribution in [3.05, 3.63) is 214 Å². The van der Waals surface area contributed by atoms with Gasteiger partial charge in [-0.1, -0.05) is 153 Å². The molecule has 1 atom stereocenters. The van der Waals surface area contributed by atoms with Gasteiger partial charge >= 0.3 is 0 Å². The zero-order valence-electron chi connectivity index (χ0n) is 36.9. The molecule has 0 aromatic heterocycles. The molecule has 0 heterocycles. The van der Waals surface area contributed by atoms with E-state index in [2.05, 4.69) is 242 Å². The Hall–Kier alpha value is -5.86. The molecule has 0 amide bonds. The summed E-state index contributed by atoms with van der Waals surface area (Å²) in [5.74, 6) is 1.76. The lowest BCUT2D eigenvalue weighted by molar-refractivity contribution is 0.495. The van der Waals surface area contributed by atoms with Gasteiger partial charge in [-0.15, -0.1) is 0 Å². The number of hydrogen-bond donors (Lipinski definition) is 0. The molecule has 302 valence electrons. The van der Waals surface area contributed by atoms with Gasteiger partial charge in [-0.2, -0.15) is 0 Å². The van der Waals surface area contributed by atoms with Gasteiger partial charge in [0, 0.05) is 34.1 Å². The Balaban J connectivity index is 0.000000226. The first-order valence-corrected chi connectivity index (χ1v) is 21.6. The largest absolute Gasteiger partial charge is 0.311 e. The van der Waals surface area contributed by atoms with Crippen LogP contribution < -0.4 is 9.80 Å². The first-order valence-electron chi connectivity index (χ1n) is 21.6. The number of aryl methyl sites for hydroxylation is 5. The molecule has 0 aliphatic carbocycles. The maximum absolute atomic E-state index is 2.38. The van der Waals surface area contributed by atoms with E-state index >= 15 is 0 Å². The van der Waals surface area contributed by atoms with Crippen molar-refractivity contribution in [1.29, 1.82) is 0 Å². The van der Waals surface area contributed by atoms with Crippen molar-refractivity contribution in [2.75, 3.05) is 9.80 Å². The third kappa shape index (κ3) is 11.2. The number of nitrogens with zero attached hydrogens (tertiary/aromatic N) is 2. The fourth-order valence-electron chi connectivity index (χ4n) is 7.91. The average Bonchev–Trinajstić information content (AvgIpc) is 3.25. The standard InChI is InChI=1S/C36H43N.C21H21N/c1-7-30(8-2)31-15-17-32(18-16-31)36(26(3)4)25-29-13-23-35(24-14-29)37(33-19-9-27(5)10-20-33)34-21-11-28(6)12-22-34;1-16-4-10-19(11-5-16)22(20-12-6-17(2)7-13-20)21-14-8-18(3)9-15-21/h9-24,26,30,36H,7-8,25H2,1-6H3;4-15H,1-3H3. The summed E-state index contributed by atoms with van der Waals surface area (Å²) in [6.07, 6.45) is 3.47. The molecule has 0 radical (unpaired) electrons. The van der Waals surface area contributed by atoms with Crippen molar-refractivity contribution in [2.45, 2.75) is 93.4 Å². The van der Waals surface area contributed by atoms with Crippen molar-refractivity contribution in [3.8, 4) is 0 Å². The zero-order valence-corrected chi connectivity index (χ0v) is 36.9. The van der Waals surface area contributed by atoms with Crippen LogP contribution in [0.4, 0.5) is 34.1 Å². The summed E-state index contributed by atoms with van der Waals surface area (Å²) in [5.41, 5.74) is 17.8. The van der Waals surface area contributed by atoms with Crippen LogP contribution in [0, 0.1) is 40.5 Å². The minimum Gasteiger partial charge on any atom is -0.311 e. The molecule has 59 heavy (non-hydrogen) atoms. The maximum Gasteiger partial charge on any atom is 0.0461 e. The Kier molecular flexibility index (Phi) is 14.6. The third-order valence-corrected chi connectivity index (χ3v) is 11.7. The Morgan fingerprint density at radius 1 is 0.339 bits per heavy atom. The first kappa shape index (κ1) is 42.7. The summed E-state index contributed by atoms with van der Waals surface area (Å²) in [7, 11) is 0. The van der Waals surface area contributed by atoms with Gasteiger partial charge in [-0.25, -0.2) is 0 Å². The van der Waals surface area contributed by atoms with Crippen molar-refractivity contribution in [3.63, 3.8) is 0 Å². The van der Waals surface area contributed by atoms with E-state index in [1.165, 1.54) is 91.5 Å². The second kappa shape index (κ2) is 20.2. The van der Waals surface area contributed by atoms with Gasteiger partial charge in [0.05, 0.1) is 0 Å². The molecule has 0 N–H and O–H groups in total. The molecule has 0 saturated heterocycles. The first-order chi connectivity index (χ1) is 28.5. The number of hydrogen-bond acceptors (Lipinski definition) is 2. The monoisotopic (exact) mass is 777 g/mol. The highest BCUT2D eigenvalue weighted by molar-refractivity contribution is 5.78. The molecular formula is C57H64N2. The van der Waals surface area contributed by atoms with Crippen LogP contribution >= 0.6 is 0 Å². The van der Waals surface area contributed by atoms with E-state index < -0.39 is 0 Å². The molecule has 0 bridgehead atoms. The highest BCUT2D eigenvalue weighted by atomic mass is 15.1. The molecule has 7 aromatic rings. The van der Waals surface area contributed by atoms with E-state index in [1.54, 1.807) is 0 Å². The van der Waals surface area contributed by atoms with Gasteiger partial charge in [0.1, 0.15) is 0 Å². The molecule has 0 aliphatic heterocycles. The summed E-state index contributed by atoms with van der Waals surface area (Å²) >= 11 is 0. The minimum absolute atomic E-state index is 0.506. The maximum atomic E-state index is 2.38. The fraction of sp³-hybridized carbons (Fsp3) is 0.263. The van der Waals surface area contributed by atoms with E-state index in [-0.39, 0.29) is 0 Å². The highest BCUT2D eigenvalue weighted by Gasteiger charge is 2.19. The van der Waals surface area contributed by atoms with Crippen LogP contribution in [0.3, 0.4) is 0 Å². The molecule has 1 unspecified atom stereocenters. The normalized spacial score (nSPS) is 11.6. The van der Waals surface area contributed by atoms with Gasteiger partial charge in [0.25, 0.3) is 0 Å². The predicted octanol–water partition coefficient (Wildman–Crippen LogP) is 16.7. The molecule has 7 rings (SSSR count). The second-order valence-electron chi connectivity index (χ2n) is 16.7. The summed E-state index contributed by atoms with van der Waals surface area (Å²) in [4.78, 5) is 4.64. The van der Waals surface area contributed by atoms with Crippen molar-refractivity contribution in [1.82, 2.24) is 0 Å². The summed E-state index contributed by atoms with van der Waals surface area (Å²) in [6, 6.07) is 62.3. The quantitative estimate of drug-likeness (QED) is 0.115. The van der Waals surface area contributed by atoms with E-state index in [0.717, 1.165) is 6.42 Å². The molecule has 0 fully saturated rings. The third-order valence-electron chi connectivity index (χ3n) is 11.7. The SMILES string of the molecule is CCC(CC)c1ccc(C(Cc2ccc(N(c3ccc(C)cc3)c3ccc(C)cc3)cc2)C(C)C)cc1.Cc1ccc(N(c2ccc(C)cc2)c2ccc(C)cc2)cc1. The summed E-state index contributed by atoms with van der Waals surface area (Å²) in [6.45, 7) is 19.9. The Morgan fingerprint density at radius 2 is 0.593 bits per heavy atom. The smallest absolute Gasteiger partial charge is 0.0461 e. The topological polar surface area (TPSA) is 6.48 Å². The lowest BCUT2D eigenvalue weighted by Gasteiger charge is -2.26. The Morgan fingerprint density at radius 3 is 0.847 bits per heavy atom. The molecule has 0 aliphatic rings. The molecule has 2 heteroatoms. The molecular weight excluding hydrogens is 713 g/mol. The molecule has 0 spiro atoms. The zero-order chi connectivity index (χ0) is 41.9. The fourth-order valence-corrected chi connectivity index (χ4v) is 7.91. The van der Waals surface area contributed by atoms with Gasteiger partial charge in [0.15, 0.2) is 0 Å². The van der Waals surface area contributed by atoms with Crippen molar-refractivity contribution in [2.24, 2.45) is 5.92 Å². The summed E-state index contributed by atoms with van der Waals surface area (Å²) < 4.78 is 0.